The van der Waals surface area contributed by atoms with E-state index in [9.17, 15) is 8.42 Å². The highest BCUT2D eigenvalue weighted by Gasteiger charge is 2.22. The molecule has 0 saturated heterocycles. The molecule has 4 nitrogen and oxygen atoms in total. The first-order valence-corrected chi connectivity index (χ1v) is 6.94. The van der Waals surface area contributed by atoms with Crippen LogP contribution < -0.4 is 10.5 Å². The number of sulfonamides is 1. The Morgan fingerprint density at radius 2 is 1.86 bits per heavy atom. The van der Waals surface area contributed by atoms with Crippen LogP contribution in [-0.2, 0) is 10.0 Å². The van der Waals surface area contributed by atoms with Gasteiger partial charge in [0.2, 0.25) is 10.0 Å². The zero-order valence-corrected chi connectivity index (χ0v) is 9.52. The molecule has 0 aromatic carbocycles. The zero-order valence-electron chi connectivity index (χ0n) is 8.70. The molecule has 1 aliphatic rings. The lowest BCUT2D eigenvalue weighted by atomic mass is 9.93. The van der Waals surface area contributed by atoms with Gasteiger partial charge >= 0.3 is 0 Å². The topological polar surface area (TPSA) is 72.2 Å². The van der Waals surface area contributed by atoms with Crippen molar-refractivity contribution in [1.29, 1.82) is 0 Å². The monoisotopic (exact) mass is 220 g/mol. The van der Waals surface area contributed by atoms with Gasteiger partial charge in [0, 0.05) is 12.1 Å². The van der Waals surface area contributed by atoms with E-state index in [1.807, 2.05) is 6.92 Å². The molecule has 1 saturated carbocycles. The highest BCUT2D eigenvalue weighted by molar-refractivity contribution is 7.89. The summed E-state index contributed by atoms with van der Waals surface area (Å²) in [5.74, 6) is 0.232. The third-order valence-corrected chi connectivity index (χ3v) is 4.23. The van der Waals surface area contributed by atoms with Gasteiger partial charge in [0.25, 0.3) is 0 Å². The van der Waals surface area contributed by atoms with Gasteiger partial charge in [-0.3, -0.25) is 0 Å². The van der Waals surface area contributed by atoms with Gasteiger partial charge in [-0.2, -0.15) is 0 Å². The van der Waals surface area contributed by atoms with Gasteiger partial charge in [-0.05, 0) is 32.1 Å². The van der Waals surface area contributed by atoms with Gasteiger partial charge in [0.05, 0.1) is 5.75 Å². The summed E-state index contributed by atoms with van der Waals surface area (Å²) >= 11 is 0. The van der Waals surface area contributed by atoms with Crippen molar-refractivity contribution in [2.75, 3.05) is 5.75 Å². The second-order valence-corrected chi connectivity index (χ2v) is 5.92. The van der Waals surface area contributed by atoms with Crippen molar-refractivity contribution in [1.82, 2.24) is 4.72 Å². The largest absolute Gasteiger partial charge is 0.328 e. The van der Waals surface area contributed by atoms with Crippen LogP contribution in [0.2, 0.25) is 0 Å². The van der Waals surface area contributed by atoms with Gasteiger partial charge in [0.15, 0.2) is 0 Å². The van der Waals surface area contributed by atoms with Crippen LogP contribution in [0.25, 0.3) is 0 Å². The molecule has 0 amide bonds. The number of nitrogens with one attached hydrogen (secondary N) is 1. The Labute approximate surface area is 86.3 Å². The van der Waals surface area contributed by atoms with Crippen LogP contribution in [0.15, 0.2) is 0 Å². The van der Waals surface area contributed by atoms with Crippen molar-refractivity contribution in [3.63, 3.8) is 0 Å². The average molecular weight is 220 g/mol. The fraction of sp³-hybridized carbons (Fsp3) is 1.00. The molecule has 84 valence electrons. The van der Waals surface area contributed by atoms with Crippen LogP contribution in [-0.4, -0.2) is 26.3 Å². The highest BCUT2D eigenvalue weighted by atomic mass is 32.2. The quantitative estimate of drug-likeness (QED) is 0.728. The Kier molecular flexibility index (Phi) is 4.34. The van der Waals surface area contributed by atoms with E-state index in [0.717, 1.165) is 25.7 Å². The number of hydrogen-bond donors (Lipinski definition) is 2. The molecular weight excluding hydrogens is 200 g/mol. The summed E-state index contributed by atoms with van der Waals surface area (Å²) in [4.78, 5) is 0. The molecule has 0 bridgehead atoms. The van der Waals surface area contributed by atoms with Crippen molar-refractivity contribution in [3.05, 3.63) is 0 Å². The second kappa shape index (κ2) is 5.09. The minimum Gasteiger partial charge on any atom is -0.328 e. The smallest absolute Gasteiger partial charge is 0.211 e. The van der Waals surface area contributed by atoms with E-state index in [2.05, 4.69) is 4.72 Å². The number of rotatable bonds is 4. The fourth-order valence-corrected chi connectivity index (χ4v) is 3.22. The normalized spacial score (nSPS) is 29.0. The predicted octanol–water partition coefficient (Wildman–Crippen LogP) is 0.586. The molecule has 0 unspecified atom stereocenters. The first kappa shape index (κ1) is 11.9. The Morgan fingerprint density at radius 1 is 1.29 bits per heavy atom. The summed E-state index contributed by atoms with van der Waals surface area (Å²) in [5.41, 5.74) is 5.74. The zero-order chi connectivity index (χ0) is 10.6. The fourth-order valence-electron chi connectivity index (χ4n) is 1.82. The number of hydrogen-bond acceptors (Lipinski definition) is 3. The molecule has 1 rings (SSSR count). The molecule has 0 spiro atoms. The highest BCUT2D eigenvalue weighted by Crippen LogP contribution is 2.17. The molecule has 5 heteroatoms. The van der Waals surface area contributed by atoms with Gasteiger partial charge in [-0.15, -0.1) is 0 Å². The predicted molar refractivity (Wildman–Crippen MR) is 57.4 cm³/mol. The molecule has 1 aliphatic carbocycles. The molecular formula is C9H20N2O2S. The van der Waals surface area contributed by atoms with E-state index in [4.69, 9.17) is 5.73 Å². The molecule has 14 heavy (non-hydrogen) atoms. The molecule has 0 aliphatic heterocycles. The van der Waals surface area contributed by atoms with Crippen LogP contribution in [0.1, 0.15) is 39.0 Å². The third kappa shape index (κ3) is 3.94. The van der Waals surface area contributed by atoms with Gasteiger partial charge in [-0.25, -0.2) is 13.1 Å². The maximum Gasteiger partial charge on any atom is 0.211 e. The summed E-state index contributed by atoms with van der Waals surface area (Å²) < 4.78 is 25.6. The average Bonchev–Trinajstić information content (AvgIpc) is 2.08. The standard InChI is InChI=1S/C9H20N2O2S/c1-2-7-14(12,13)11-9-5-3-8(10)4-6-9/h8-9,11H,2-7,10H2,1H3/t8-,9+. The first-order chi connectivity index (χ1) is 6.53. The summed E-state index contributed by atoms with van der Waals surface area (Å²) in [6.07, 6.45) is 4.29. The lowest BCUT2D eigenvalue weighted by Crippen LogP contribution is -2.41. The summed E-state index contributed by atoms with van der Waals surface area (Å²) in [5, 5.41) is 0. The molecule has 0 aromatic rings. The van der Waals surface area contributed by atoms with Crippen LogP contribution in [0, 0.1) is 0 Å². The van der Waals surface area contributed by atoms with Crippen LogP contribution >= 0.6 is 0 Å². The minimum absolute atomic E-state index is 0.117. The Balaban J connectivity index is 2.37. The van der Waals surface area contributed by atoms with E-state index < -0.39 is 10.0 Å². The van der Waals surface area contributed by atoms with Crippen LogP contribution in [0.5, 0.6) is 0 Å². The van der Waals surface area contributed by atoms with Gasteiger partial charge in [-0.1, -0.05) is 6.92 Å². The summed E-state index contributed by atoms with van der Waals surface area (Å²) in [6.45, 7) is 1.87. The molecule has 0 aromatic heterocycles. The first-order valence-electron chi connectivity index (χ1n) is 5.29. The van der Waals surface area contributed by atoms with Crippen molar-refractivity contribution in [3.8, 4) is 0 Å². The molecule has 0 heterocycles. The molecule has 0 atom stereocenters. The van der Waals surface area contributed by atoms with Crippen molar-refractivity contribution < 1.29 is 8.42 Å². The number of nitrogens with two attached hydrogens (primary N) is 1. The van der Waals surface area contributed by atoms with Gasteiger partial charge in [0.1, 0.15) is 0 Å². The summed E-state index contributed by atoms with van der Waals surface area (Å²) in [7, 11) is -3.04. The third-order valence-electron chi connectivity index (χ3n) is 2.59. The van der Waals surface area contributed by atoms with Gasteiger partial charge < -0.3 is 5.73 Å². The lowest BCUT2D eigenvalue weighted by Gasteiger charge is -2.26. The Bertz CT molecular complexity index is 256. The Morgan fingerprint density at radius 3 is 2.36 bits per heavy atom. The van der Waals surface area contributed by atoms with Crippen molar-refractivity contribution >= 4 is 10.0 Å². The SMILES string of the molecule is CCCS(=O)(=O)N[C@H]1CC[C@@H](N)CC1. The van der Waals surface area contributed by atoms with Crippen LogP contribution in [0.3, 0.4) is 0 Å². The van der Waals surface area contributed by atoms with Crippen LogP contribution in [0.4, 0.5) is 0 Å². The van der Waals surface area contributed by atoms with E-state index >= 15 is 0 Å². The van der Waals surface area contributed by atoms with E-state index in [1.54, 1.807) is 0 Å². The second-order valence-electron chi connectivity index (χ2n) is 4.05. The maximum absolute atomic E-state index is 11.4. The molecule has 3 N–H and O–H groups in total. The molecule has 0 radical (unpaired) electrons. The van der Waals surface area contributed by atoms with E-state index in [1.165, 1.54) is 0 Å². The maximum atomic E-state index is 11.4. The van der Waals surface area contributed by atoms with E-state index in [-0.39, 0.29) is 17.8 Å². The molecule has 1 fully saturated rings. The summed E-state index contributed by atoms with van der Waals surface area (Å²) in [6, 6.07) is 0.383. The van der Waals surface area contributed by atoms with Crippen molar-refractivity contribution in [2.45, 2.75) is 51.1 Å². The lowest BCUT2D eigenvalue weighted by molar-refractivity contribution is 0.373. The van der Waals surface area contributed by atoms with Crippen molar-refractivity contribution in [2.24, 2.45) is 5.73 Å². The Hall–Kier alpha value is -0.130. The van der Waals surface area contributed by atoms with E-state index in [0.29, 0.717) is 6.42 Å². The minimum atomic E-state index is -3.04.